The zero-order chi connectivity index (χ0) is 16.2. The van der Waals surface area contributed by atoms with Crippen LogP contribution in [-0.2, 0) is 14.4 Å². The molecule has 3 aliphatic heterocycles. The largest absolute Gasteiger partial charge is 0.477 e. The fourth-order valence-corrected chi connectivity index (χ4v) is 4.34. The number of nitrogens with zero attached hydrogens (tertiary/aromatic N) is 2. The summed E-state index contributed by atoms with van der Waals surface area (Å²) in [6.45, 7) is 0.181. The Bertz CT molecular complexity index is 632. The van der Waals surface area contributed by atoms with Gasteiger partial charge in [0.05, 0.1) is 11.8 Å². The Morgan fingerprint density at radius 3 is 2.55 bits per heavy atom. The van der Waals surface area contributed by atoms with Gasteiger partial charge in [-0.1, -0.05) is 0 Å². The minimum absolute atomic E-state index is 0.0857. The highest BCUT2D eigenvalue weighted by molar-refractivity contribution is 8.03. The highest BCUT2D eigenvalue weighted by Gasteiger charge is 2.64. The van der Waals surface area contributed by atoms with Crippen molar-refractivity contribution in [3.8, 4) is 0 Å². The first kappa shape index (κ1) is 14.7. The number of hydrogen-bond donors (Lipinski definition) is 3. The van der Waals surface area contributed by atoms with E-state index in [0.29, 0.717) is 11.3 Å². The van der Waals surface area contributed by atoms with E-state index < -0.39 is 36.0 Å². The summed E-state index contributed by atoms with van der Waals surface area (Å²) in [6, 6.07) is -1.22. The van der Waals surface area contributed by atoms with Crippen molar-refractivity contribution in [1.82, 2.24) is 9.80 Å². The van der Waals surface area contributed by atoms with E-state index in [4.69, 9.17) is 10.8 Å². The van der Waals surface area contributed by atoms with Crippen LogP contribution in [0.3, 0.4) is 0 Å². The second-order valence-electron chi connectivity index (χ2n) is 5.37. The number of allylic oxidation sites excluding steroid dienone is 1. The van der Waals surface area contributed by atoms with E-state index in [0.717, 1.165) is 21.6 Å². The van der Waals surface area contributed by atoms with Crippen molar-refractivity contribution in [2.24, 2.45) is 11.7 Å². The lowest BCUT2D eigenvalue weighted by Gasteiger charge is -2.49. The molecule has 0 spiro atoms. The van der Waals surface area contributed by atoms with Crippen molar-refractivity contribution >= 4 is 35.6 Å². The highest BCUT2D eigenvalue weighted by Crippen LogP contribution is 2.49. The number of carboxylic acid groups (broad SMARTS) is 2. The molecule has 0 aromatic rings. The Kier molecular flexibility index (Phi) is 3.28. The molecule has 0 bridgehead atoms. The molecule has 2 saturated heterocycles. The van der Waals surface area contributed by atoms with Gasteiger partial charge in [-0.25, -0.2) is 9.59 Å². The van der Waals surface area contributed by atoms with Crippen LogP contribution in [0.4, 0.5) is 4.79 Å². The van der Waals surface area contributed by atoms with Crippen molar-refractivity contribution in [2.45, 2.75) is 18.5 Å². The molecule has 3 atom stereocenters. The number of nitrogens with two attached hydrogens (primary N) is 1. The average Bonchev–Trinajstić information content (AvgIpc) is 2.79. The zero-order valence-electron chi connectivity index (χ0n) is 11.3. The molecule has 9 nitrogen and oxygen atoms in total. The van der Waals surface area contributed by atoms with E-state index in [1.165, 1.54) is 0 Å². The number of β-lactam (4-membered cyclic amide) rings is 1. The smallest absolute Gasteiger partial charge is 0.408 e. The molecule has 0 aromatic heterocycles. The third-order valence-corrected chi connectivity index (χ3v) is 5.29. The Morgan fingerprint density at radius 1 is 1.32 bits per heavy atom. The number of aliphatic carboxylic acids is 1. The van der Waals surface area contributed by atoms with Crippen molar-refractivity contribution in [3.63, 3.8) is 0 Å². The minimum Gasteiger partial charge on any atom is -0.477 e. The molecule has 0 aromatic carbocycles. The second kappa shape index (κ2) is 4.90. The summed E-state index contributed by atoms with van der Waals surface area (Å²) >= 11 is 0.995. The summed E-state index contributed by atoms with van der Waals surface area (Å²) < 4.78 is 0. The van der Waals surface area contributed by atoms with Crippen LogP contribution >= 0.6 is 11.8 Å². The molecular formula is C12H13N3O6S. The number of thioether (sulfide) groups is 1. The average molecular weight is 327 g/mol. The first-order valence-corrected chi connectivity index (χ1v) is 7.51. The lowest BCUT2D eigenvalue weighted by molar-refractivity contribution is -0.156. The Balaban J connectivity index is 1.94. The number of carboxylic acids is 1. The van der Waals surface area contributed by atoms with E-state index >= 15 is 0 Å². The molecule has 4 N–H and O–H groups in total. The first-order chi connectivity index (χ1) is 10.3. The van der Waals surface area contributed by atoms with Crippen molar-refractivity contribution in [1.29, 1.82) is 0 Å². The van der Waals surface area contributed by atoms with Crippen LogP contribution < -0.4 is 5.73 Å². The quantitative estimate of drug-likeness (QED) is 0.568. The highest BCUT2D eigenvalue weighted by atomic mass is 32.2. The lowest BCUT2D eigenvalue weighted by Crippen LogP contribution is -2.69. The molecular weight excluding hydrogens is 314 g/mol. The predicted molar refractivity (Wildman–Crippen MR) is 73.6 cm³/mol. The van der Waals surface area contributed by atoms with E-state index in [1.54, 1.807) is 0 Å². The number of carbonyl (C=O) groups is 4. The Hall–Kier alpha value is -2.23. The van der Waals surface area contributed by atoms with E-state index in [2.05, 4.69) is 0 Å². The van der Waals surface area contributed by atoms with Crippen LogP contribution in [0, 0.1) is 5.92 Å². The number of carbonyl (C=O) groups excluding carboxylic acids is 2. The summed E-state index contributed by atoms with van der Waals surface area (Å²) in [7, 11) is 0. The molecule has 0 unspecified atom stereocenters. The van der Waals surface area contributed by atoms with Crippen LogP contribution in [0.25, 0.3) is 0 Å². The molecule has 118 valence electrons. The zero-order valence-corrected chi connectivity index (χ0v) is 12.1. The van der Waals surface area contributed by atoms with Gasteiger partial charge < -0.3 is 15.9 Å². The molecule has 3 heterocycles. The molecule has 0 radical (unpaired) electrons. The van der Waals surface area contributed by atoms with Crippen LogP contribution in [-0.4, -0.2) is 68.3 Å². The van der Waals surface area contributed by atoms with Crippen LogP contribution in [0.1, 0.15) is 6.42 Å². The topological polar surface area (TPSA) is 141 Å². The number of hydrogen-bond acceptors (Lipinski definition) is 5. The molecule has 3 amide bonds. The molecule has 2 fully saturated rings. The molecule has 0 saturated carbocycles. The Labute approximate surface area is 128 Å². The molecule has 0 aliphatic carbocycles. The van der Waals surface area contributed by atoms with E-state index in [1.807, 2.05) is 0 Å². The summed E-state index contributed by atoms with van der Waals surface area (Å²) in [6.07, 6.45) is -0.857. The number of amides is 3. The van der Waals surface area contributed by atoms with Gasteiger partial charge >= 0.3 is 12.1 Å². The van der Waals surface area contributed by atoms with Crippen LogP contribution in [0.2, 0.25) is 0 Å². The van der Waals surface area contributed by atoms with Crippen LogP contribution in [0.15, 0.2) is 10.6 Å². The second-order valence-corrected chi connectivity index (χ2v) is 6.44. The van der Waals surface area contributed by atoms with E-state index in [9.17, 15) is 24.3 Å². The summed E-state index contributed by atoms with van der Waals surface area (Å²) in [4.78, 5) is 48.4. The molecule has 3 aliphatic rings. The summed E-state index contributed by atoms with van der Waals surface area (Å²) in [5, 5.41) is 18.5. The lowest BCUT2D eigenvalue weighted by atomic mass is 9.82. The maximum absolute atomic E-state index is 12.2. The maximum atomic E-state index is 12.2. The van der Waals surface area contributed by atoms with Gasteiger partial charge in [0.1, 0.15) is 11.7 Å². The van der Waals surface area contributed by atoms with Gasteiger partial charge in [-0.3, -0.25) is 19.4 Å². The monoisotopic (exact) mass is 327 g/mol. The van der Waals surface area contributed by atoms with Gasteiger partial charge in [-0.2, -0.15) is 0 Å². The third kappa shape index (κ3) is 1.94. The SMILES string of the molecule is NC(=O)CSC1=C(C(=O)O)N2C(=O)[C@@H]3[C@H]2[C@H](C1)CN3C(=O)O. The molecule has 3 rings (SSSR count). The molecule has 10 heteroatoms. The van der Waals surface area contributed by atoms with Gasteiger partial charge in [-0.05, 0) is 6.42 Å². The maximum Gasteiger partial charge on any atom is 0.408 e. The standard InChI is InChI=1S/C12H13N3O6S/c13-6(16)3-22-5-1-4-2-14(12(20)21)9-7(4)15(10(9)17)8(5)11(18)19/h4,7,9H,1-3H2,(H2,13,16)(H,18,19)(H,20,21)/t4-,7-,9+/m1/s1. The fraction of sp³-hybridized carbons (Fsp3) is 0.500. The van der Waals surface area contributed by atoms with Crippen molar-refractivity contribution < 1.29 is 29.4 Å². The number of rotatable bonds is 4. The summed E-state index contributed by atoms with van der Waals surface area (Å²) in [5.41, 5.74) is 4.92. The normalized spacial score (nSPS) is 29.3. The van der Waals surface area contributed by atoms with Gasteiger partial charge in [0.15, 0.2) is 0 Å². The third-order valence-electron chi connectivity index (χ3n) is 4.15. The van der Waals surface area contributed by atoms with Gasteiger partial charge in [0.2, 0.25) is 5.91 Å². The van der Waals surface area contributed by atoms with Crippen molar-refractivity contribution in [3.05, 3.63) is 10.6 Å². The summed E-state index contributed by atoms with van der Waals surface area (Å²) in [5.74, 6) is -2.61. The van der Waals surface area contributed by atoms with Crippen molar-refractivity contribution in [2.75, 3.05) is 12.3 Å². The van der Waals surface area contributed by atoms with Crippen LogP contribution in [0.5, 0.6) is 0 Å². The van der Waals surface area contributed by atoms with E-state index in [-0.39, 0.29) is 23.9 Å². The fourth-order valence-electron chi connectivity index (χ4n) is 3.37. The van der Waals surface area contributed by atoms with Gasteiger partial charge in [0.25, 0.3) is 5.91 Å². The van der Waals surface area contributed by atoms with Gasteiger partial charge in [-0.15, -0.1) is 11.8 Å². The predicted octanol–water partition coefficient (Wildman–Crippen LogP) is -0.906. The van der Waals surface area contributed by atoms with Gasteiger partial charge in [0, 0.05) is 17.4 Å². The minimum atomic E-state index is -1.26. The number of likely N-dealkylation sites (tertiary alicyclic amines) is 1. The molecule has 22 heavy (non-hydrogen) atoms. The first-order valence-electron chi connectivity index (χ1n) is 6.53. The Morgan fingerprint density at radius 2 is 2.00 bits per heavy atom. The number of primary amides is 1.